The van der Waals surface area contributed by atoms with E-state index in [0.717, 1.165) is 50.6 Å². The molecular formula is C28H41N9O3. The van der Waals surface area contributed by atoms with Gasteiger partial charge in [-0.25, -0.2) is 9.78 Å². The molecule has 12 nitrogen and oxygen atoms in total. The summed E-state index contributed by atoms with van der Waals surface area (Å²) in [6.45, 7) is 2.49. The molecule has 0 aromatic carbocycles. The average Bonchev–Trinajstić information content (AvgIpc) is 3.59. The van der Waals surface area contributed by atoms with Crippen LogP contribution in [0, 0.1) is 5.92 Å². The first-order chi connectivity index (χ1) is 19.5. The van der Waals surface area contributed by atoms with Crippen molar-refractivity contribution in [3.63, 3.8) is 0 Å². The predicted octanol–water partition coefficient (Wildman–Crippen LogP) is 3.14. The maximum Gasteiger partial charge on any atom is 0.318 e. The smallest absolute Gasteiger partial charge is 0.318 e. The molecule has 2 saturated carbocycles. The van der Waals surface area contributed by atoms with Gasteiger partial charge in [0.25, 0.3) is 0 Å². The molecule has 6 rings (SSSR count). The number of nitrogens with two attached hydrogens (primary N) is 1. The highest BCUT2D eigenvalue weighted by atomic mass is 16.5. The fourth-order valence-corrected chi connectivity index (χ4v) is 6.80. The van der Waals surface area contributed by atoms with Gasteiger partial charge in [-0.15, -0.1) is 0 Å². The average molecular weight is 552 g/mol. The normalized spacial score (nSPS) is 24.4. The fraction of sp³-hybridized carbons (Fsp3) is 0.679. The van der Waals surface area contributed by atoms with Crippen LogP contribution in [0.15, 0.2) is 18.3 Å². The largest absolute Gasteiger partial charge is 0.380 e. The molecule has 4 aliphatic rings. The number of nitrogen functional groups attached to an aromatic ring is 1. The molecule has 2 atom stereocenters. The molecule has 12 heteroatoms. The molecule has 0 radical (unpaired) electrons. The van der Waals surface area contributed by atoms with Crippen LogP contribution in [0.2, 0.25) is 0 Å². The lowest BCUT2D eigenvalue weighted by molar-refractivity contribution is -0.150. The summed E-state index contributed by atoms with van der Waals surface area (Å²) in [7, 11) is 0. The summed E-state index contributed by atoms with van der Waals surface area (Å²) >= 11 is 0. The van der Waals surface area contributed by atoms with Crippen molar-refractivity contribution in [1.82, 2.24) is 35.3 Å². The van der Waals surface area contributed by atoms with Gasteiger partial charge in [0.2, 0.25) is 11.9 Å². The van der Waals surface area contributed by atoms with E-state index in [9.17, 15) is 9.59 Å². The van der Waals surface area contributed by atoms with E-state index in [1.807, 2.05) is 11.0 Å². The summed E-state index contributed by atoms with van der Waals surface area (Å²) in [5, 5.41) is 14.2. The van der Waals surface area contributed by atoms with Crippen LogP contribution in [0.25, 0.3) is 0 Å². The van der Waals surface area contributed by atoms with Crippen LogP contribution >= 0.6 is 0 Å². The van der Waals surface area contributed by atoms with Crippen molar-refractivity contribution in [1.29, 1.82) is 0 Å². The van der Waals surface area contributed by atoms with Crippen LogP contribution in [-0.4, -0.2) is 86.3 Å². The standard InChI is InChI=1S/C28H41N9O3/c29-27-30-11-8-24(33-27)32-25-15-23(34-35-25)18-6-7-22(14-18)37(21-4-2-1-3-5-21)28(39)31-20-9-12-36(13-10-20)26(38)19-16-40-17-19/h8,11,15,18-22H,1-7,9-10,12-14,16-17H2,(H,31,39)(H4,29,30,32,33,34,35). The van der Waals surface area contributed by atoms with E-state index in [1.165, 1.54) is 19.3 Å². The summed E-state index contributed by atoms with van der Waals surface area (Å²) in [5.41, 5.74) is 6.77. The van der Waals surface area contributed by atoms with E-state index in [4.69, 9.17) is 10.5 Å². The minimum atomic E-state index is 0.0241. The second-order valence-corrected chi connectivity index (χ2v) is 11.8. The van der Waals surface area contributed by atoms with E-state index in [1.54, 1.807) is 12.3 Å². The molecule has 2 saturated heterocycles. The van der Waals surface area contributed by atoms with Crippen LogP contribution in [0.5, 0.6) is 0 Å². The van der Waals surface area contributed by atoms with Gasteiger partial charge in [-0.05, 0) is 51.0 Å². The Balaban J connectivity index is 1.07. The zero-order valence-electron chi connectivity index (χ0n) is 23.1. The molecule has 2 aromatic rings. The lowest BCUT2D eigenvalue weighted by atomic mass is 9.92. The minimum Gasteiger partial charge on any atom is -0.380 e. The molecule has 2 aliphatic heterocycles. The second-order valence-electron chi connectivity index (χ2n) is 11.8. The van der Waals surface area contributed by atoms with Crippen molar-refractivity contribution >= 4 is 29.5 Å². The fourth-order valence-electron chi connectivity index (χ4n) is 6.80. The van der Waals surface area contributed by atoms with E-state index < -0.39 is 0 Å². The van der Waals surface area contributed by atoms with Crippen molar-refractivity contribution in [2.45, 2.75) is 88.3 Å². The number of hydrogen-bond acceptors (Lipinski definition) is 8. The number of hydrogen-bond donors (Lipinski definition) is 4. The Kier molecular flexibility index (Phi) is 8.03. The summed E-state index contributed by atoms with van der Waals surface area (Å²) in [6, 6.07) is 4.45. The van der Waals surface area contributed by atoms with Gasteiger partial charge in [0.05, 0.1) is 19.1 Å². The Morgan fingerprint density at radius 3 is 2.55 bits per heavy atom. The number of urea groups is 1. The van der Waals surface area contributed by atoms with E-state index in [2.05, 4.69) is 35.7 Å². The molecule has 4 heterocycles. The van der Waals surface area contributed by atoms with Crippen LogP contribution in [0.1, 0.15) is 75.8 Å². The lowest BCUT2D eigenvalue weighted by Crippen LogP contribution is -2.56. The van der Waals surface area contributed by atoms with Gasteiger partial charge in [0.15, 0.2) is 5.82 Å². The molecule has 2 aromatic heterocycles. The Labute approximate surface area is 234 Å². The highest BCUT2D eigenvalue weighted by Crippen LogP contribution is 2.39. The number of likely N-dealkylation sites (tertiary alicyclic amines) is 1. The first kappa shape index (κ1) is 26.8. The number of nitrogens with zero attached hydrogens (tertiary/aromatic N) is 5. The van der Waals surface area contributed by atoms with Crippen molar-refractivity contribution in [2.24, 2.45) is 5.92 Å². The van der Waals surface area contributed by atoms with Crippen molar-refractivity contribution in [3.05, 3.63) is 24.0 Å². The number of rotatable bonds is 7. The third-order valence-corrected chi connectivity index (χ3v) is 9.09. The monoisotopic (exact) mass is 551 g/mol. The van der Waals surface area contributed by atoms with Gasteiger partial charge in [-0.2, -0.15) is 10.1 Å². The van der Waals surface area contributed by atoms with Crippen molar-refractivity contribution < 1.29 is 14.3 Å². The molecule has 3 amide bonds. The third kappa shape index (κ3) is 6.01. The number of nitrogens with one attached hydrogen (secondary N) is 3. The van der Waals surface area contributed by atoms with E-state index >= 15 is 0 Å². The summed E-state index contributed by atoms with van der Waals surface area (Å²) in [5.74, 6) is 2.04. The number of aromatic nitrogens is 4. The molecule has 216 valence electrons. The van der Waals surface area contributed by atoms with Gasteiger partial charge in [0.1, 0.15) is 5.82 Å². The van der Waals surface area contributed by atoms with Crippen molar-refractivity contribution in [3.8, 4) is 0 Å². The Morgan fingerprint density at radius 1 is 1.02 bits per heavy atom. The summed E-state index contributed by atoms with van der Waals surface area (Å²) in [6.07, 6.45) is 11.9. The number of carbonyl (C=O) groups is 2. The number of carbonyl (C=O) groups excluding carboxylic acids is 2. The first-order valence-electron chi connectivity index (χ1n) is 14.9. The Morgan fingerprint density at radius 2 is 1.82 bits per heavy atom. The van der Waals surface area contributed by atoms with Gasteiger partial charge in [0, 0.05) is 55.1 Å². The quantitative estimate of drug-likeness (QED) is 0.409. The molecular weight excluding hydrogens is 510 g/mol. The highest BCUT2D eigenvalue weighted by molar-refractivity contribution is 5.80. The molecule has 0 bridgehead atoms. The number of anilines is 3. The van der Waals surface area contributed by atoms with Crippen LogP contribution in [0.4, 0.5) is 22.4 Å². The number of aromatic amines is 1. The Hall–Kier alpha value is -3.41. The SMILES string of the molecule is Nc1nccc(Nc2cc(C3CCC(N(C(=O)NC4CCN(C(=O)C5COC5)CC4)C4CCCCC4)C3)[nH]n2)n1. The molecule has 2 aliphatic carbocycles. The van der Waals surface area contributed by atoms with Gasteiger partial charge < -0.3 is 30.9 Å². The number of ether oxygens (including phenoxy) is 1. The zero-order valence-corrected chi connectivity index (χ0v) is 23.1. The predicted molar refractivity (Wildman–Crippen MR) is 150 cm³/mol. The van der Waals surface area contributed by atoms with Crippen LogP contribution in [-0.2, 0) is 9.53 Å². The minimum absolute atomic E-state index is 0.0241. The number of piperidine rings is 1. The van der Waals surface area contributed by atoms with Gasteiger partial charge in [-0.3, -0.25) is 9.89 Å². The highest BCUT2D eigenvalue weighted by Gasteiger charge is 2.39. The molecule has 4 fully saturated rings. The van der Waals surface area contributed by atoms with Crippen LogP contribution < -0.4 is 16.4 Å². The van der Waals surface area contributed by atoms with Crippen LogP contribution in [0.3, 0.4) is 0 Å². The Bertz CT molecular complexity index is 1170. The molecule has 2 unspecified atom stereocenters. The first-order valence-corrected chi connectivity index (χ1v) is 14.9. The topological polar surface area (TPSA) is 154 Å². The maximum absolute atomic E-state index is 13.8. The van der Waals surface area contributed by atoms with Gasteiger partial charge in [-0.1, -0.05) is 19.3 Å². The van der Waals surface area contributed by atoms with Crippen molar-refractivity contribution in [2.75, 3.05) is 37.4 Å². The van der Waals surface area contributed by atoms with E-state index in [0.29, 0.717) is 49.9 Å². The lowest BCUT2D eigenvalue weighted by Gasteiger charge is -2.41. The van der Waals surface area contributed by atoms with E-state index in [-0.39, 0.29) is 35.9 Å². The molecule has 40 heavy (non-hydrogen) atoms. The zero-order chi connectivity index (χ0) is 27.5. The molecule has 5 N–H and O–H groups in total. The summed E-state index contributed by atoms with van der Waals surface area (Å²) < 4.78 is 5.19. The second kappa shape index (κ2) is 12.0. The number of H-pyrrole nitrogens is 1. The third-order valence-electron chi connectivity index (χ3n) is 9.09. The van der Waals surface area contributed by atoms with Gasteiger partial charge >= 0.3 is 6.03 Å². The maximum atomic E-state index is 13.8. The molecule has 0 spiro atoms. The number of amides is 3. The summed E-state index contributed by atoms with van der Waals surface area (Å²) in [4.78, 5) is 38.7.